The summed E-state index contributed by atoms with van der Waals surface area (Å²) in [7, 11) is 0. The van der Waals surface area contributed by atoms with Crippen LogP contribution in [-0.2, 0) is 6.42 Å². The molecule has 2 fully saturated rings. The van der Waals surface area contributed by atoms with Crippen molar-refractivity contribution in [2.75, 3.05) is 0 Å². The van der Waals surface area contributed by atoms with E-state index < -0.39 is 0 Å². The van der Waals surface area contributed by atoms with Crippen molar-refractivity contribution in [2.24, 2.45) is 23.5 Å². The fourth-order valence-electron chi connectivity index (χ4n) is 3.61. The fraction of sp³-hybridized carbons (Fsp3) is 0.571. The summed E-state index contributed by atoms with van der Waals surface area (Å²) in [5, 5.41) is 0. The summed E-state index contributed by atoms with van der Waals surface area (Å²) >= 11 is 3.31. The maximum Gasteiger partial charge on any atom is 0.137 e. The Morgan fingerprint density at radius 3 is 2.76 bits per heavy atom. The van der Waals surface area contributed by atoms with Gasteiger partial charge >= 0.3 is 0 Å². The van der Waals surface area contributed by atoms with Crippen LogP contribution in [0.4, 0.5) is 4.39 Å². The van der Waals surface area contributed by atoms with Gasteiger partial charge in [0.2, 0.25) is 0 Å². The number of hydrogen-bond acceptors (Lipinski definition) is 1. The molecule has 2 saturated carbocycles. The first-order chi connectivity index (χ1) is 8.18. The second kappa shape index (κ2) is 4.36. The molecule has 0 amide bonds. The van der Waals surface area contributed by atoms with Gasteiger partial charge in [0.1, 0.15) is 5.82 Å². The second-order valence-electron chi connectivity index (χ2n) is 5.42. The highest BCUT2D eigenvalue weighted by atomic mass is 79.9. The fourth-order valence-corrected chi connectivity index (χ4v) is 4.03. The molecule has 17 heavy (non-hydrogen) atoms. The zero-order chi connectivity index (χ0) is 12.0. The van der Waals surface area contributed by atoms with Crippen LogP contribution in [0.1, 0.15) is 24.8 Å². The van der Waals surface area contributed by atoms with Gasteiger partial charge < -0.3 is 5.73 Å². The van der Waals surface area contributed by atoms with E-state index in [0.717, 1.165) is 23.8 Å². The van der Waals surface area contributed by atoms with Crippen molar-refractivity contribution in [3.8, 4) is 0 Å². The lowest BCUT2D eigenvalue weighted by atomic mass is 9.98. The van der Waals surface area contributed by atoms with Crippen molar-refractivity contribution >= 4 is 15.9 Å². The number of rotatable bonds is 3. The van der Waals surface area contributed by atoms with Crippen LogP contribution in [0, 0.1) is 23.6 Å². The van der Waals surface area contributed by atoms with Gasteiger partial charge in [0.15, 0.2) is 0 Å². The van der Waals surface area contributed by atoms with Gasteiger partial charge in [-0.05, 0) is 64.6 Å². The highest BCUT2D eigenvalue weighted by Gasteiger charge is 2.54. The van der Waals surface area contributed by atoms with E-state index >= 15 is 0 Å². The van der Waals surface area contributed by atoms with Crippen LogP contribution < -0.4 is 5.73 Å². The first-order valence-corrected chi connectivity index (χ1v) is 7.16. The summed E-state index contributed by atoms with van der Waals surface area (Å²) in [6.45, 7) is 0. The van der Waals surface area contributed by atoms with Gasteiger partial charge in [0.05, 0.1) is 4.47 Å². The van der Waals surface area contributed by atoms with Crippen LogP contribution in [0.3, 0.4) is 0 Å². The van der Waals surface area contributed by atoms with Crippen molar-refractivity contribution in [3.05, 3.63) is 34.1 Å². The molecule has 0 aromatic heterocycles. The molecule has 2 N–H and O–H groups in total. The van der Waals surface area contributed by atoms with Crippen LogP contribution >= 0.6 is 15.9 Å². The normalized spacial score (nSPS) is 32.3. The Morgan fingerprint density at radius 1 is 1.35 bits per heavy atom. The molecule has 1 aromatic rings. The minimum atomic E-state index is -0.189. The summed E-state index contributed by atoms with van der Waals surface area (Å²) in [6.07, 6.45) is 4.87. The van der Waals surface area contributed by atoms with E-state index in [1.807, 2.05) is 6.07 Å². The molecule has 0 bridgehead atoms. The number of halogens is 2. The van der Waals surface area contributed by atoms with E-state index in [0.29, 0.717) is 10.4 Å². The quantitative estimate of drug-likeness (QED) is 0.908. The molecule has 2 aliphatic rings. The first kappa shape index (κ1) is 11.7. The molecule has 0 aliphatic heterocycles. The maximum absolute atomic E-state index is 13.4. The molecule has 0 saturated heterocycles. The van der Waals surface area contributed by atoms with E-state index in [2.05, 4.69) is 15.9 Å². The van der Waals surface area contributed by atoms with Gasteiger partial charge in [0, 0.05) is 6.04 Å². The largest absolute Gasteiger partial charge is 0.327 e. The van der Waals surface area contributed by atoms with Gasteiger partial charge in [0.25, 0.3) is 0 Å². The highest BCUT2D eigenvalue weighted by molar-refractivity contribution is 9.10. The van der Waals surface area contributed by atoms with Crippen LogP contribution in [-0.4, -0.2) is 6.04 Å². The molecule has 1 nitrogen and oxygen atoms in total. The molecule has 3 unspecified atom stereocenters. The van der Waals surface area contributed by atoms with Crippen molar-refractivity contribution in [1.82, 2.24) is 0 Å². The predicted molar refractivity (Wildman–Crippen MR) is 70.1 cm³/mol. The maximum atomic E-state index is 13.4. The Balaban J connectivity index is 1.69. The van der Waals surface area contributed by atoms with Gasteiger partial charge in [-0.25, -0.2) is 4.39 Å². The molecule has 3 rings (SSSR count). The zero-order valence-corrected chi connectivity index (χ0v) is 11.3. The van der Waals surface area contributed by atoms with Crippen LogP contribution in [0.2, 0.25) is 0 Å². The number of nitrogens with two attached hydrogens (primary N) is 1. The Kier molecular flexibility index (Phi) is 2.99. The van der Waals surface area contributed by atoms with E-state index in [1.165, 1.54) is 25.3 Å². The minimum Gasteiger partial charge on any atom is -0.327 e. The Labute approximate surface area is 110 Å². The van der Waals surface area contributed by atoms with Gasteiger partial charge in [-0.1, -0.05) is 18.6 Å². The summed E-state index contributed by atoms with van der Waals surface area (Å²) < 4.78 is 14.0. The molecule has 3 atom stereocenters. The van der Waals surface area contributed by atoms with Gasteiger partial charge in [-0.2, -0.15) is 0 Å². The number of hydrogen-bond donors (Lipinski definition) is 1. The molecular weight excluding hydrogens is 281 g/mol. The standard InChI is InChI=1S/C14H17BrFN/c15-14-8(3-1-6-11(14)16)7-12(17)13-9-4-2-5-10(9)13/h1,3,6,9-10,12-13H,2,4-5,7,17H2. The summed E-state index contributed by atoms with van der Waals surface area (Å²) in [4.78, 5) is 0. The zero-order valence-electron chi connectivity index (χ0n) is 9.70. The molecule has 0 heterocycles. The van der Waals surface area contributed by atoms with E-state index in [9.17, 15) is 4.39 Å². The smallest absolute Gasteiger partial charge is 0.137 e. The molecular formula is C14H17BrFN. The third-order valence-electron chi connectivity index (χ3n) is 4.45. The van der Waals surface area contributed by atoms with Crippen molar-refractivity contribution < 1.29 is 4.39 Å². The first-order valence-electron chi connectivity index (χ1n) is 6.37. The topological polar surface area (TPSA) is 26.0 Å². The Morgan fingerprint density at radius 2 is 2.06 bits per heavy atom. The predicted octanol–water partition coefficient (Wildman–Crippen LogP) is 3.50. The van der Waals surface area contributed by atoms with Crippen molar-refractivity contribution in [1.29, 1.82) is 0 Å². The SMILES string of the molecule is NC(Cc1cccc(F)c1Br)C1C2CCCC21. The number of benzene rings is 1. The molecule has 1 aromatic carbocycles. The third-order valence-corrected chi connectivity index (χ3v) is 5.34. The van der Waals surface area contributed by atoms with E-state index in [-0.39, 0.29) is 11.9 Å². The average Bonchev–Trinajstić information content (AvgIpc) is 2.79. The monoisotopic (exact) mass is 297 g/mol. The van der Waals surface area contributed by atoms with Crippen LogP contribution in [0.25, 0.3) is 0 Å². The summed E-state index contributed by atoms with van der Waals surface area (Å²) in [6, 6.07) is 5.40. The van der Waals surface area contributed by atoms with Crippen molar-refractivity contribution in [3.63, 3.8) is 0 Å². The highest BCUT2D eigenvalue weighted by Crippen LogP contribution is 2.58. The molecule has 92 valence electrons. The minimum absolute atomic E-state index is 0.189. The second-order valence-corrected chi connectivity index (χ2v) is 6.21. The van der Waals surface area contributed by atoms with E-state index in [1.54, 1.807) is 6.07 Å². The lowest BCUT2D eigenvalue weighted by Gasteiger charge is -2.15. The van der Waals surface area contributed by atoms with Crippen molar-refractivity contribution in [2.45, 2.75) is 31.7 Å². The molecule has 0 radical (unpaired) electrons. The third kappa shape index (κ3) is 2.04. The van der Waals surface area contributed by atoms with Crippen LogP contribution in [0.5, 0.6) is 0 Å². The summed E-state index contributed by atoms with van der Waals surface area (Å²) in [5.74, 6) is 2.25. The lowest BCUT2D eigenvalue weighted by Crippen LogP contribution is -2.27. The van der Waals surface area contributed by atoms with Crippen LogP contribution in [0.15, 0.2) is 22.7 Å². The van der Waals surface area contributed by atoms with E-state index in [4.69, 9.17) is 5.73 Å². The van der Waals surface area contributed by atoms with Gasteiger partial charge in [-0.3, -0.25) is 0 Å². The molecule has 0 spiro atoms. The molecule has 2 aliphatic carbocycles. The Bertz CT molecular complexity index is 424. The number of fused-ring (bicyclic) bond motifs is 1. The lowest BCUT2D eigenvalue weighted by molar-refractivity contribution is 0.482. The molecule has 3 heteroatoms. The summed E-state index contributed by atoms with van der Waals surface area (Å²) in [5.41, 5.74) is 7.28. The average molecular weight is 298 g/mol. The van der Waals surface area contributed by atoms with Gasteiger partial charge in [-0.15, -0.1) is 0 Å². The Hall–Kier alpha value is -0.410.